The zero-order valence-electron chi connectivity index (χ0n) is 13.2. The molecule has 1 aromatic rings. The van der Waals surface area contributed by atoms with Gasteiger partial charge < -0.3 is 10.1 Å². The van der Waals surface area contributed by atoms with E-state index >= 15 is 0 Å². The molecule has 3 aliphatic heterocycles. The zero-order valence-corrected chi connectivity index (χ0v) is 14.0. The fourth-order valence-corrected chi connectivity index (χ4v) is 5.29. The molecule has 23 heavy (non-hydrogen) atoms. The van der Waals surface area contributed by atoms with E-state index < -0.39 is 10.0 Å². The topological polar surface area (TPSA) is 61.9 Å². The number of rotatable bonds is 3. The van der Waals surface area contributed by atoms with Crippen LogP contribution in [0.4, 0.5) is 0 Å². The molecule has 1 atom stereocenters. The summed E-state index contributed by atoms with van der Waals surface area (Å²) in [6, 6.07) is 5.61. The minimum Gasteiger partial charge on any atom is -0.493 e. The van der Waals surface area contributed by atoms with Crippen molar-refractivity contribution in [3.05, 3.63) is 23.8 Å². The molecule has 0 bridgehead atoms. The van der Waals surface area contributed by atoms with Gasteiger partial charge in [0.05, 0.1) is 11.5 Å². The fourth-order valence-electron chi connectivity index (χ4n) is 3.75. The molecule has 2 fully saturated rings. The van der Waals surface area contributed by atoms with E-state index in [2.05, 4.69) is 10.2 Å². The van der Waals surface area contributed by atoms with Crippen molar-refractivity contribution in [1.29, 1.82) is 0 Å². The lowest BCUT2D eigenvalue weighted by atomic mass is 10.2. The maximum atomic E-state index is 12.9. The van der Waals surface area contributed by atoms with Gasteiger partial charge in [0.1, 0.15) is 5.75 Å². The van der Waals surface area contributed by atoms with Gasteiger partial charge in [0, 0.05) is 51.7 Å². The number of ether oxygens (including phenoxy) is 1. The Balaban J connectivity index is 1.51. The molecule has 0 amide bonds. The van der Waals surface area contributed by atoms with Crippen LogP contribution in [0.15, 0.2) is 23.1 Å². The van der Waals surface area contributed by atoms with E-state index in [1.165, 1.54) is 0 Å². The Kier molecular flexibility index (Phi) is 4.05. The highest BCUT2D eigenvalue weighted by Crippen LogP contribution is 2.30. The van der Waals surface area contributed by atoms with Gasteiger partial charge in [-0.1, -0.05) is 0 Å². The second-order valence-corrected chi connectivity index (χ2v) is 8.40. The highest BCUT2D eigenvalue weighted by Gasteiger charge is 2.35. The van der Waals surface area contributed by atoms with Crippen LogP contribution in [0.2, 0.25) is 0 Å². The van der Waals surface area contributed by atoms with Crippen LogP contribution in [0, 0.1) is 0 Å². The third-order valence-corrected chi connectivity index (χ3v) is 6.95. The smallest absolute Gasteiger partial charge is 0.243 e. The first-order valence-corrected chi connectivity index (χ1v) is 9.79. The molecule has 0 radical (unpaired) electrons. The fraction of sp³-hybridized carbons (Fsp3) is 0.625. The summed E-state index contributed by atoms with van der Waals surface area (Å²) in [6.45, 7) is 5.87. The molecule has 0 spiro atoms. The van der Waals surface area contributed by atoms with Gasteiger partial charge in [0.2, 0.25) is 10.0 Å². The molecule has 1 N–H and O–H groups in total. The van der Waals surface area contributed by atoms with Crippen LogP contribution in [0.5, 0.6) is 5.75 Å². The number of piperazine rings is 1. The molecule has 0 saturated carbocycles. The summed E-state index contributed by atoms with van der Waals surface area (Å²) >= 11 is 0. The molecule has 1 unspecified atom stereocenters. The zero-order chi connectivity index (χ0) is 15.9. The van der Waals surface area contributed by atoms with E-state index in [1.54, 1.807) is 22.5 Å². The molecule has 126 valence electrons. The number of benzene rings is 1. The monoisotopic (exact) mass is 337 g/mol. The van der Waals surface area contributed by atoms with Gasteiger partial charge >= 0.3 is 0 Å². The van der Waals surface area contributed by atoms with E-state index in [-0.39, 0.29) is 0 Å². The first-order chi connectivity index (χ1) is 11.1. The summed E-state index contributed by atoms with van der Waals surface area (Å²) in [4.78, 5) is 2.82. The standard InChI is InChI=1S/C16H23N3O3S/c20-23(21,15-1-2-16-13(11-15)4-10-22-16)19-7-3-14(12-19)18-8-5-17-6-9-18/h1-2,11,14,17H,3-10,12H2. The van der Waals surface area contributed by atoms with E-state index in [1.807, 2.05) is 0 Å². The van der Waals surface area contributed by atoms with Crippen LogP contribution >= 0.6 is 0 Å². The highest BCUT2D eigenvalue weighted by atomic mass is 32.2. The number of hydrogen-bond donors (Lipinski definition) is 1. The minimum absolute atomic E-state index is 0.352. The largest absolute Gasteiger partial charge is 0.493 e. The second kappa shape index (κ2) is 6.05. The van der Waals surface area contributed by atoms with Crippen LogP contribution in [0.3, 0.4) is 0 Å². The summed E-state index contributed by atoms with van der Waals surface area (Å²) in [6.07, 6.45) is 1.72. The molecule has 3 aliphatic rings. The maximum absolute atomic E-state index is 12.9. The number of sulfonamides is 1. The summed E-state index contributed by atoms with van der Waals surface area (Å²) in [7, 11) is -3.40. The van der Waals surface area contributed by atoms with Gasteiger partial charge in [-0.15, -0.1) is 0 Å². The van der Waals surface area contributed by atoms with Crippen molar-refractivity contribution in [3.63, 3.8) is 0 Å². The van der Waals surface area contributed by atoms with Crippen LogP contribution in [-0.2, 0) is 16.4 Å². The molecular weight excluding hydrogens is 314 g/mol. The average Bonchev–Trinajstić information content (AvgIpc) is 3.24. The van der Waals surface area contributed by atoms with Crippen molar-refractivity contribution in [3.8, 4) is 5.75 Å². The van der Waals surface area contributed by atoms with Gasteiger partial charge in [-0.3, -0.25) is 4.90 Å². The molecule has 6 nitrogen and oxygen atoms in total. The third-order valence-electron chi connectivity index (χ3n) is 5.09. The number of nitrogens with one attached hydrogen (secondary N) is 1. The molecule has 1 aromatic carbocycles. The maximum Gasteiger partial charge on any atom is 0.243 e. The van der Waals surface area contributed by atoms with Gasteiger partial charge in [-0.05, 0) is 30.2 Å². The Hall–Kier alpha value is -1.15. The van der Waals surface area contributed by atoms with Gasteiger partial charge in [-0.25, -0.2) is 8.42 Å². The molecule has 2 saturated heterocycles. The molecule has 7 heteroatoms. The number of nitrogens with zero attached hydrogens (tertiary/aromatic N) is 2. The van der Waals surface area contributed by atoms with Crippen LogP contribution < -0.4 is 10.1 Å². The van der Waals surface area contributed by atoms with Crippen molar-refractivity contribution in [2.24, 2.45) is 0 Å². The molecule has 3 heterocycles. The van der Waals surface area contributed by atoms with Crippen molar-refractivity contribution >= 4 is 10.0 Å². The predicted octanol–water partition coefficient (Wildman–Crippen LogP) is 0.290. The second-order valence-electron chi connectivity index (χ2n) is 6.46. The Morgan fingerprint density at radius 3 is 2.83 bits per heavy atom. The van der Waals surface area contributed by atoms with Crippen LogP contribution in [-0.4, -0.2) is 69.5 Å². The normalized spacial score (nSPS) is 26.2. The number of hydrogen-bond acceptors (Lipinski definition) is 5. The van der Waals surface area contributed by atoms with E-state index in [0.29, 0.717) is 30.6 Å². The van der Waals surface area contributed by atoms with Crippen LogP contribution in [0.1, 0.15) is 12.0 Å². The molecule has 0 aromatic heterocycles. The lowest BCUT2D eigenvalue weighted by molar-refractivity contribution is 0.179. The Bertz CT molecular complexity index is 686. The van der Waals surface area contributed by atoms with Crippen molar-refractivity contribution < 1.29 is 13.2 Å². The van der Waals surface area contributed by atoms with Crippen molar-refractivity contribution in [2.75, 3.05) is 45.9 Å². The summed E-state index contributed by atoms with van der Waals surface area (Å²) in [5, 5.41) is 3.34. The van der Waals surface area contributed by atoms with Crippen molar-refractivity contribution in [2.45, 2.75) is 23.8 Å². The first-order valence-electron chi connectivity index (χ1n) is 8.35. The molecule has 4 rings (SSSR count). The third kappa shape index (κ3) is 2.87. The Labute approximate surface area is 137 Å². The lowest BCUT2D eigenvalue weighted by Gasteiger charge is -2.32. The SMILES string of the molecule is O=S(=O)(c1ccc2c(c1)CCO2)N1CCC(N2CCNCC2)C1. The summed E-state index contributed by atoms with van der Waals surface area (Å²) in [5.41, 5.74) is 1.00. The minimum atomic E-state index is -3.40. The Morgan fingerprint density at radius 2 is 2.00 bits per heavy atom. The van der Waals surface area contributed by atoms with Gasteiger partial charge in [-0.2, -0.15) is 4.31 Å². The predicted molar refractivity (Wildman–Crippen MR) is 87.2 cm³/mol. The Morgan fingerprint density at radius 1 is 1.17 bits per heavy atom. The lowest BCUT2D eigenvalue weighted by Crippen LogP contribution is -2.49. The van der Waals surface area contributed by atoms with E-state index in [9.17, 15) is 8.42 Å². The van der Waals surface area contributed by atoms with Gasteiger partial charge in [0.25, 0.3) is 0 Å². The molecular formula is C16H23N3O3S. The summed E-state index contributed by atoms with van der Waals surface area (Å²) in [5.74, 6) is 0.823. The number of fused-ring (bicyclic) bond motifs is 1. The first kappa shape index (κ1) is 15.4. The van der Waals surface area contributed by atoms with E-state index in [0.717, 1.165) is 50.3 Å². The quantitative estimate of drug-likeness (QED) is 0.859. The van der Waals surface area contributed by atoms with E-state index in [4.69, 9.17) is 4.74 Å². The highest BCUT2D eigenvalue weighted by molar-refractivity contribution is 7.89. The average molecular weight is 337 g/mol. The summed E-state index contributed by atoms with van der Waals surface area (Å²) < 4.78 is 33.0. The van der Waals surface area contributed by atoms with Crippen LogP contribution in [0.25, 0.3) is 0 Å². The van der Waals surface area contributed by atoms with Gasteiger partial charge in [0.15, 0.2) is 0 Å². The molecule has 0 aliphatic carbocycles. The van der Waals surface area contributed by atoms with Crippen molar-refractivity contribution in [1.82, 2.24) is 14.5 Å².